The van der Waals surface area contributed by atoms with E-state index in [2.05, 4.69) is 54.6 Å². The smallest absolute Gasteiger partial charge is 0.340 e. The average molecular weight is 395 g/mol. The van der Waals surface area contributed by atoms with E-state index in [1.165, 1.54) is 5.56 Å². The lowest BCUT2D eigenvalue weighted by molar-refractivity contribution is 0.0524. The van der Waals surface area contributed by atoms with E-state index in [1.807, 2.05) is 25.3 Å². The van der Waals surface area contributed by atoms with Crippen molar-refractivity contribution in [3.8, 4) is 0 Å². The monoisotopic (exact) mass is 394 g/mol. The van der Waals surface area contributed by atoms with E-state index >= 15 is 0 Å². The predicted molar refractivity (Wildman–Crippen MR) is 113 cm³/mol. The first-order valence-corrected chi connectivity index (χ1v) is 10.3. The van der Waals surface area contributed by atoms with Crippen LogP contribution in [-0.4, -0.2) is 22.1 Å². The minimum absolute atomic E-state index is 0.199. The molecule has 2 aromatic heterocycles. The van der Waals surface area contributed by atoms with Crippen molar-refractivity contribution in [2.75, 3.05) is 6.61 Å². The van der Waals surface area contributed by atoms with E-state index in [0.717, 1.165) is 21.0 Å². The lowest BCUT2D eigenvalue weighted by Crippen LogP contribution is -2.07. The molecule has 0 aliphatic carbocycles. The van der Waals surface area contributed by atoms with Gasteiger partial charge in [0.05, 0.1) is 17.2 Å². The fourth-order valence-electron chi connectivity index (χ4n) is 3.19. The number of carbonyl (C=O) groups excluding carboxylic acids is 1. The maximum atomic E-state index is 12.6. The van der Waals surface area contributed by atoms with Crippen molar-refractivity contribution in [2.24, 2.45) is 0 Å². The summed E-state index contributed by atoms with van der Waals surface area (Å²) < 4.78 is 7.49. The Hall–Kier alpha value is -2.53. The van der Waals surface area contributed by atoms with Gasteiger partial charge in [0.25, 0.3) is 0 Å². The molecule has 0 aliphatic heterocycles. The van der Waals surface area contributed by atoms with Gasteiger partial charge in [-0.1, -0.05) is 43.3 Å². The summed E-state index contributed by atoms with van der Waals surface area (Å²) in [7, 11) is 0. The van der Waals surface area contributed by atoms with Gasteiger partial charge in [-0.2, -0.15) is 0 Å². The van der Waals surface area contributed by atoms with Crippen LogP contribution in [-0.2, 0) is 11.3 Å². The zero-order valence-corrected chi connectivity index (χ0v) is 17.6. The fraction of sp³-hybridized carbons (Fsp3) is 0.304. The number of pyridine rings is 1. The van der Waals surface area contributed by atoms with E-state index in [-0.39, 0.29) is 11.9 Å². The second kappa shape index (κ2) is 9.11. The largest absolute Gasteiger partial charge is 0.462 e. The highest BCUT2D eigenvalue weighted by Crippen LogP contribution is 2.38. The van der Waals surface area contributed by atoms with Crippen LogP contribution in [0, 0.1) is 6.92 Å². The quantitative estimate of drug-likeness (QED) is 0.483. The molecule has 28 heavy (non-hydrogen) atoms. The first kappa shape index (κ1) is 20.2. The zero-order valence-electron chi connectivity index (χ0n) is 16.8. The Morgan fingerprint density at radius 3 is 2.61 bits per heavy atom. The van der Waals surface area contributed by atoms with Crippen LogP contribution < -0.4 is 0 Å². The summed E-state index contributed by atoms with van der Waals surface area (Å²) in [6.45, 7) is 9.21. The third-order valence-electron chi connectivity index (χ3n) is 4.45. The number of aromatic nitrogens is 2. The molecule has 0 saturated heterocycles. The van der Waals surface area contributed by atoms with Crippen molar-refractivity contribution < 1.29 is 9.53 Å². The van der Waals surface area contributed by atoms with Crippen molar-refractivity contribution in [3.63, 3.8) is 0 Å². The van der Waals surface area contributed by atoms with Gasteiger partial charge >= 0.3 is 5.97 Å². The SMILES string of the molecule is CCOC(=O)c1cn(Cc2ccncc2)c(Sc2cccc(C)c2)c1C(C)C. The van der Waals surface area contributed by atoms with Crippen LogP contribution in [0.3, 0.4) is 0 Å². The number of aryl methyl sites for hydroxylation is 1. The van der Waals surface area contributed by atoms with Crippen LogP contribution in [0.5, 0.6) is 0 Å². The number of carbonyl (C=O) groups is 1. The molecule has 146 valence electrons. The van der Waals surface area contributed by atoms with Gasteiger partial charge in [-0.25, -0.2) is 4.79 Å². The third-order valence-corrected chi connectivity index (χ3v) is 5.58. The molecule has 0 bridgehead atoms. The first-order chi connectivity index (χ1) is 13.5. The summed E-state index contributed by atoms with van der Waals surface area (Å²) in [5, 5.41) is 1.08. The number of nitrogens with zero attached hydrogens (tertiary/aromatic N) is 2. The van der Waals surface area contributed by atoms with Gasteiger partial charge in [-0.15, -0.1) is 0 Å². The molecule has 0 atom stereocenters. The number of rotatable bonds is 7. The molecule has 0 aliphatic rings. The first-order valence-electron chi connectivity index (χ1n) is 9.53. The second-order valence-corrected chi connectivity index (χ2v) is 8.10. The maximum absolute atomic E-state index is 12.6. The summed E-state index contributed by atoms with van der Waals surface area (Å²) in [6, 6.07) is 12.4. The third kappa shape index (κ3) is 4.65. The number of benzene rings is 1. The van der Waals surface area contributed by atoms with Crippen LogP contribution in [0.4, 0.5) is 0 Å². The number of esters is 1. The van der Waals surface area contributed by atoms with Crippen LogP contribution in [0.25, 0.3) is 0 Å². The Balaban J connectivity index is 2.10. The van der Waals surface area contributed by atoms with Crippen LogP contribution in [0.2, 0.25) is 0 Å². The van der Waals surface area contributed by atoms with Crippen molar-refractivity contribution in [1.29, 1.82) is 0 Å². The van der Waals surface area contributed by atoms with Crippen LogP contribution in [0.15, 0.2) is 64.9 Å². The summed E-state index contributed by atoms with van der Waals surface area (Å²) in [5.74, 6) is -0.0591. The molecule has 0 saturated carbocycles. The molecule has 0 spiro atoms. The van der Waals surface area contributed by atoms with E-state index in [4.69, 9.17) is 4.74 Å². The van der Waals surface area contributed by atoms with E-state index < -0.39 is 0 Å². The molecule has 2 heterocycles. The summed E-state index contributed by atoms with van der Waals surface area (Å²) >= 11 is 1.70. The Morgan fingerprint density at radius 1 is 1.21 bits per heavy atom. The lowest BCUT2D eigenvalue weighted by atomic mass is 10.0. The van der Waals surface area contributed by atoms with E-state index in [9.17, 15) is 4.79 Å². The standard InChI is InChI=1S/C23H26N2O2S/c1-5-27-23(26)20-15-25(14-18-9-11-24-12-10-18)22(21(20)16(2)3)28-19-8-6-7-17(4)13-19/h6-13,15-16H,5,14H2,1-4H3. The van der Waals surface area contributed by atoms with Crippen LogP contribution >= 0.6 is 11.8 Å². The predicted octanol–water partition coefficient (Wildman–Crippen LogP) is 5.69. The molecule has 0 fully saturated rings. The molecule has 0 amide bonds. The summed E-state index contributed by atoms with van der Waals surface area (Å²) in [6.07, 6.45) is 5.52. The molecule has 3 aromatic rings. The highest BCUT2D eigenvalue weighted by atomic mass is 32.2. The minimum atomic E-state index is -0.259. The Kier molecular flexibility index (Phi) is 6.57. The highest BCUT2D eigenvalue weighted by Gasteiger charge is 2.24. The van der Waals surface area contributed by atoms with Crippen molar-refractivity contribution in [1.82, 2.24) is 9.55 Å². The summed E-state index contributed by atoms with van der Waals surface area (Å²) in [4.78, 5) is 17.9. The minimum Gasteiger partial charge on any atom is -0.462 e. The average Bonchev–Trinajstić information content (AvgIpc) is 3.01. The normalized spacial score (nSPS) is 11.0. The molecule has 4 nitrogen and oxygen atoms in total. The molecule has 3 rings (SSSR count). The van der Waals surface area contributed by atoms with Gasteiger partial charge in [0.15, 0.2) is 0 Å². The van der Waals surface area contributed by atoms with Gasteiger partial charge in [0.1, 0.15) is 0 Å². The van der Waals surface area contributed by atoms with Gasteiger partial charge in [-0.05, 0) is 49.6 Å². The number of hydrogen-bond acceptors (Lipinski definition) is 4. The molecular weight excluding hydrogens is 368 g/mol. The molecule has 5 heteroatoms. The molecule has 0 unspecified atom stereocenters. The number of hydrogen-bond donors (Lipinski definition) is 0. The molecular formula is C23H26N2O2S. The Morgan fingerprint density at radius 2 is 1.96 bits per heavy atom. The second-order valence-electron chi connectivity index (χ2n) is 7.04. The topological polar surface area (TPSA) is 44.1 Å². The Bertz CT molecular complexity index is 948. The highest BCUT2D eigenvalue weighted by molar-refractivity contribution is 7.99. The van der Waals surface area contributed by atoms with E-state index in [1.54, 1.807) is 24.2 Å². The number of ether oxygens (including phenoxy) is 1. The van der Waals surface area contributed by atoms with Crippen molar-refractivity contribution in [2.45, 2.75) is 50.1 Å². The van der Waals surface area contributed by atoms with E-state index in [0.29, 0.717) is 18.7 Å². The Labute approximate surface area is 171 Å². The molecule has 0 N–H and O–H groups in total. The lowest BCUT2D eigenvalue weighted by Gasteiger charge is -2.14. The zero-order chi connectivity index (χ0) is 20.1. The van der Waals surface area contributed by atoms with Gasteiger partial charge < -0.3 is 9.30 Å². The van der Waals surface area contributed by atoms with Gasteiger partial charge in [-0.3, -0.25) is 4.98 Å². The van der Waals surface area contributed by atoms with Crippen LogP contribution in [0.1, 0.15) is 53.7 Å². The van der Waals surface area contributed by atoms with Gasteiger partial charge in [0, 0.05) is 35.6 Å². The van der Waals surface area contributed by atoms with Crippen molar-refractivity contribution >= 4 is 17.7 Å². The van der Waals surface area contributed by atoms with Crippen molar-refractivity contribution in [3.05, 3.63) is 77.2 Å². The molecule has 0 radical (unpaired) electrons. The fourth-order valence-corrected chi connectivity index (χ4v) is 4.49. The molecule has 1 aromatic carbocycles. The summed E-state index contributed by atoms with van der Waals surface area (Å²) in [5.41, 5.74) is 4.05. The van der Waals surface area contributed by atoms with Gasteiger partial charge in [0.2, 0.25) is 0 Å². The maximum Gasteiger partial charge on any atom is 0.340 e.